The number of hydrogen-bond acceptors (Lipinski definition) is 4. The average molecular weight is 507 g/mol. The number of thiazole rings is 1. The molecule has 3 aromatic carbocycles. The summed E-state index contributed by atoms with van der Waals surface area (Å²) in [6.45, 7) is 4.09. The first kappa shape index (κ1) is 22.2. The second-order valence-electron chi connectivity index (χ2n) is 7.38. The highest BCUT2D eigenvalue weighted by molar-refractivity contribution is 9.10. The summed E-state index contributed by atoms with van der Waals surface area (Å²) in [6, 6.07) is 24.2. The van der Waals surface area contributed by atoms with Crippen LogP contribution in [-0.2, 0) is 11.2 Å². The van der Waals surface area contributed by atoms with Crippen molar-refractivity contribution < 1.29 is 9.53 Å². The summed E-state index contributed by atoms with van der Waals surface area (Å²) < 4.78 is 6.69. The summed E-state index contributed by atoms with van der Waals surface area (Å²) >= 11 is 4.96. The SMILES string of the molecule is CCc1sc(NC(=O)COc2ccc(-c3ccc(C)cc3)cc2)nc1-c1ccc(Br)cc1. The van der Waals surface area contributed by atoms with E-state index in [2.05, 4.69) is 64.3 Å². The van der Waals surface area contributed by atoms with Gasteiger partial charge in [0.25, 0.3) is 5.91 Å². The van der Waals surface area contributed by atoms with Crippen LogP contribution < -0.4 is 10.1 Å². The number of ether oxygens (including phenoxy) is 1. The van der Waals surface area contributed by atoms with Crippen molar-refractivity contribution in [1.29, 1.82) is 0 Å². The Bertz CT molecular complexity index is 1200. The number of aryl methyl sites for hydroxylation is 2. The summed E-state index contributed by atoms with van der Waals surface area (Å²) in [6.07, 6.45) is 0.850. The van der Waals surface area contributed by atoms with Crippen molar-refractivity contribution in [3.63, 3.8) is 0 Å². The molecule has 1 heterocycles. The molecule has 1 aromatic heterocycles. The molecule has 0 spiro atoms. The van der Waals surface area contributed by atoms with Crippen molar-refractivity contribution in [1.82, 2.24) is 4.98 Å². The van der Waals surface area contributed by atoms with E-state index in [-0.39, 0.29) is 12.5 Å². The summed E-state index contributed by atoms with van der Waals surface area (Å²) in [5.41, 5.74) is 5.43. The van der Waals surface area contributed by atoms with Crippen LogP contribution in [0.4, 0.5) is 5.13 Å². The summed E-state index contributed by atoms with van der Waals surface area (Å²) in [5, 5.41) is 3.45. The second-order valence-corrected chi connectivity index (χ2v) is 9.38. The molecule has 0 saturated carbocycles. The van der Waals surface area contributed by atoms with Gasteiger partial charge in [-0.1, -0.05) is 76.9 Å². The molecule has 0 unspecified atom stereocenters. The van der Waals surface area contributed by atoms with E-state index in [0.717, 1.165) is 38.2 Å². The quantitative estimate of drug-likeness (QED) is 0.290. The van der Waals surface area contributed by atoms with Crippen LogP contribution in [0.5, 0.6) is 5.75 Å². The van der Waals surface area contributed by atoms with Gasteiger partial charge in [0.15, 0.2) is 11.7 Å². The Balaban J connectivity index is 1.37. The molecule has 6 heteroatoms. The van der Waals surface area contributed by atoms with Gasteiger partial charge in [-0.05, 0) is 48.7 Å². The molecule has 0 aliphatic carbocycles. The molecule has 0 fully saturated rings. The molecule has 162 valence electrons. The minimum absolute atomic E-state index is 0.0709. The number of aromatic nitrogens is 1. The van der Waals surface area contributed by atoms with Crippen molar-refractivity contribution in [2.24, 2.45) is 0 Å². The molecule has 0 aliphatic rings. The number of carbonyl (C=O) groups excluding carboxylic acids is 1. The topological polar surface area (TPSA) is 51.2 Å². The Kier molecular flexibility index (Phi) is 7.02. The smallest absolute Gasteiger partial charge is 0.264 e. The van der Waals surface area contributed by atoms with Crippen molar-refractivity contribution in [2.45, 2.75) is 20.3 Å². The van der Waals surface area contributed by atoms with Gasteiger partial charge < -0.3 is 4.74 Å². The number of carbonyl (C=O) groups is 1. The van der Waals surface area contributed by atoms with E-state index < -0.39 is 0 Å². The standard InChI is InChI=1S/C26H23BrN2O2S/c1-3-23-25(20-8-12-21(27)13-9-20)29-26(32-23)28-24(30)16-31-22-14-10-19(11-15-22)18-6-4-17(2)5-7-18/h4-15H,3,16H2,1-2H3,(H,28,29,30). The molecule has 32 heavy (non-hydrogen) atoms. The van der Waals surface area contributed by atoms with Gasteiger partial charge in [-0.15, -0.1) is 11.3 Å². The van der Waals surface area contributed by atoms with Crippen LogP contribution in [0.15, 0.2) is 77.3 Å². The minimum atomic E-state index is -0.230. The number of amides is 1. The van der Waals surface area contributed by atoms with Crippen molar-refractivity contribution in [3.05, 3.63) is 87.7 Å². The molecule has 1 N–H and O–H groups in total. The van der Waals surface area contributed by atoms with Crippen LogP contribution in [0.3, 0.4) is 0 Å². The van der Waals surface area contributed by atoms with Crippen LogP contribution in [0.2, 0.25) is 0 Å². The van der Waals surface area contributed by atoms with Crippen molar-refractivity contribution >= 4 is 38.3 Å². The minimum Gasteiger partial charge on any atom is -0.484 e. The zero-order chi connectivity index (χ0) is 22.5. The number of nitrogens with one attached hydrogen (secondary N) is 1. The lowest BCUT2D eigenvalue weighted by molar-refractivity contribution is -0.118. The number of hydrogen-bond donors (Lipinski definition) is 1. The second kappa shape index (κ2) is 10.1. The van der Waals surface area contributed by atoms with Crippen LogP contribution in [0.1, 0.15) is 17.4 Å². The lowest BCUT2D eigenvalue weighted by Gasteiger charge is -2.07. The first-order valence-electron chi connectivity index (χ1n) is 10.4. The maximum atomic E-state index is 12.4. The van der Waals surface area contributed by atoms with Crippen molar-refractivity contribution in [3.8, 4) is 28.1 Å². The highest BCUT2D eigenvalue weighted by Gasteiger charge is 2.14. The summed E-state index contributed by atoms with van der Waals surface area (Å²) in [4.78, 5) is 18.2. The maximum absolute atomic E-state index is 12.4. The van der Waals surface area contributed by atoms with Gasteiger partial charge in [-0.3, -0.25) is 10.1 Å². The summed E-state index contributed by atoms with van der Waals surface area (Å²) in [7, 11) is 0. The molecule has 0 aliphatic heterocycles. The van der Waals surface area contributed by atoms with E-state index in [1.807, 2.05) is 48.5 Å². The van der Waals surface area contributed by atoms with Crippen LogP contribution in [0.25, 0.3) is 22.4 Å². The molecule has 1 amide bonds. The molecule has 0 saturated heterocycles. The summed E-state index contributed by atoms with van der Waals surface area (Å²) in [5.74, 6) is 0.423. The Morgan fingerprint density at radius 1 is 0.938 bits per heavy atom. The highest BCUT2D eigenvalue weighted by atomic mass is 79.9. The molecule has 0 bridgehead atoms. The van der Waals surface area contributed by atoms with Crippen LogP contribution >= 0.6 is 27.3 Å². The third-order valence-electron chi connectivity index (χ3n) is 4.99. The van der Waals surface area contributed by atoms with Crippen molar-refractivity contribution in [2.75, 3.05) is 11.9 Å². The predicted molar refractivity (Wildman–Crippen MR) is 135 cm³/mol. The Morgan fingerprint density at radius 2 is 1.53 bits per heavy atom. The van der Waals surface area contributed by atoms with E-state index in [1.165, 1.54) is 16.9 Å². The van der Waals surface area contributed by atoms with Gasteiger partial charge in [-0.25, -0.2) is 4.98 Å². The molecule has 4 aromatic rings. The van der Waals surface area contributed by atoms with E-state index in [4.69, 9.17) is 4.74 Å². The largest absolute Gasteiger partial charge is 0.484 e. The molecule has 0 radical (unpaired) electrons. The van der Waals surface area contributed by atoms with Gasteiger partial charge in [-0.2, -0.15) is 0 Å². The lowest BCUT2D eigenvalue weighted by Crippen LogP contribution is -2.20. The fourth-order valence-corrected chi connectivity index (χ4v) is 4.48. The molecule has 4 rings (SSSR count). The first-order chi connectivity index (χ1) is 15.5. The molecular formula is C26H23BrN2O2S. The highest BCUT2D eigenvalue weighted by Crippen LogP contribution is 2.32. The Labute approximate surface area is 200 Å². The number of anilines is 1. The Morgan fingerprint density at radius 3 is 2.16 bits per heavy atom. The zero-order valence-corrected chi connectivity index (χ0v) is 20.3. The van der Waals surface area contributed by atoms with E-state index in [1.54, 1.807) is 0 Å². The first-order valence-corrected chi connectivity index (χ1v) is 12.0. The van der Waals surface area contributed by atoms with E-state index in [9.17, 15) is 4.79 Å². The third-order valence-corrected chi connectivity index (χ3v) is 6.64. The number of halogens is 1. The fourth-order valence-electron chi connectivity index (χ4n) is 3.27. The fraction of sp³-hybridized carbons (Fsp3) is 0.154. The maximum Gasteiger partial charge on any atom is 0.264 e. The molecule has 4 nitrogen and oxygen atoms in total. The van der Waals surface area contributed by atoms with Gasteiger partial charge >= 0.3 is 0 Å². The zero-order valence-electron chi connectivity index (χ0n) is 17.9. The lowest BCUT2D eigenvalue weighted by atomic mass is 10.0. The molecular weight excluding hydrogens is 484 g/mol. The Hall–Kier alpha value is -2.96. The van der Waals surface area contributed by atoms with Crippen LogP contribution in [-0.4, -0.2) is 17.5 Å². The third kappa shape index (κ3) is 5.44. The van der Waals surface area contributed by atoms with Gasteiger partial charge in [0.2, 0.25) is 0 Å². The van der Waals surface area contributed by atoms with E-state index in [0.29, 0.717) is 10.9 Å². The van der Waals surface area contributed by atoms with Gasteiger partial charge in [0.1, 0.15) is 5.75 Å². The van der Waals surface area contributed by atoms with Crippen LogP contribution in [0, 0.1) is 6.92 Å². The number of benzene rings is 3. The average Bonchev–Trinajstić information content (AvgIpc) is 3.22. The van der Waals surface area contributed by atoms with Gasteiger partial charge in [0, 0.05) is 14.9 Å². The number of nitrogens with zero attached hydrogens (tertiary/aromatic N) is 1. The van der Waals surface area contributed by atoms with E-state index >= 15 is 0 Å². The molecule has 0 atom stereocenters. The normalized spacial score (nSPS) is 10.7. The van der Waals surface area contributed by atoms with Gasteiger partial charge in [0.05, 0.1) is 5.69 Å². The predicted octanol–water partition coefficient (Wildman–Crippen LogP) is 7.13. The number of rotatable bonds is 7. The monoisotopic (exact) mass is 506 g/mol.